The van der Waals surface area contributed by atoms with E-state index < -0.39 is 0 Å². The van der Waals surface area contributed by atoms with Gasteiger partial charge in [-0.3, -0.25) is 4.98 Å². The maximum atomic E-state index is 13.4. The van der Waals surface area contributed by atoms with Crippen molar-refractivity contribution in [3.05, 3.63) is 54.1 Å². The average Bonchev–Trinajstić information content (AvgIpc) is 2.29. The molecule has 2 rings (SSSR count). The minimum Gasteiger partial charge on any atom is -0.399 e. The lowest BCUT2D eigenvalue weighted by atomic mass is 10.2. The van der Waals surface area contributed by atoms with E-state index in [1.807, 2.05) is 12.1 Å². The van der Waals surface area contributed by atoms with Crippen LogP contribution >= 0.6 is 0 Å². The molecule has 1 heterocycles. The maximum absolute atomic E-state index is 13.4. The van der Waals surface area contributed by atoms with E-state index in [0.29, 0.717) is 17.9 Å². The van der Waals surface area contributed by atoms with Gasteiger partial charge in [0.25, 0.3) is 0 Å². The number of halogens is 1. The molecule has 0 unspecified atom stereocenters. The second kappa shape index (κ2) is 4.61. The molecule has 0 saturated heterocycles. The summed E-state index contributed by atoms with van der Waals surface area (Å²) in [6.45, 7) is 0.559. The quantitative estimate of drug-likeness (QED) is 0.776. The summed E-state index contributed by atoms with van der Waals surface area (Å²) in [5, 5.41) is 3.00. The number of nitrogens with zero attached hydrogens (tertiary/aromatic N) is 1. The van der Waals surface area contributed by atoms with Crippen LogP contribution in [0.4, 0.5) is 15.8 Å². The summed E-state index contributed by atoms with van der Waals surface area (Å²) >= 11 is 0. The number of hydrogen-bond acceptors (Lipinski definition) is 3. The molecule has 0 radical (unpaired) electrons. The third-order valence-corrected chi connectivity index (χ3v) is 2.23. The fourth-order valence-electron chi connectivity index (χ4n) is 1.37. The van der Waals surface area contributed by atoms with Crippen molar-refractivity contribution in [1.82, 2.24) is 4.98 Å². The van der Waals surface area contributed by atoms with Gasteiger partial charge in [-0.1, -0.05) is 0 Å². The predicted octanol–water partition coefficient (Wildman–Crippen LogP) is 2.42. The van der Waals surface area contributed by atoms with E-state index in [9.17, 15) is 4.39 Å². The normalized spacial score (nSPS) is 10.1. The van der Waals surface area contributed by atoms with Crippen molar-refractivity contribution in [3.63, 3.8) is 0 Å². The zero-order chi connectivity index (χ0) is 11.4. The monoisotopic (exact) mass is 217 g/mol. The molecule has 3 nitrogen and oxygen atoms in total. The number of rotatable bonds is 3. The first kappa shape index (κ1) is 10.4. The summed E-state index contributed by atoms with van der Waals surface area (Å²) in [5.41, 5.74) is 7.38. The number of pyridine rings is 1. The van der Waals surface area contributed by atoms with Gasteiger partial charge in [-0.2, -0.15) is 0 Å². The Labute approximate surface area is 93.1 Å². The summed E-state index contributed by atoms with van der Waals surface area (Å²) in [6, 6.07) is 8.35. The Kier molecular flexibility index (Phi) is 3.00. The van der Waals surface area contributed by atoms with Gasteiger partial charge in [0.2, 0.25) is 0 Å². The minimum absolute atomic E-state index is 0.339. The molecular formula is C12H12FN3. The molecule has 1 aromatic heterocycles. The molecule has 0 spiro atoms. The zero-order valence-electron chi connectivity index (χ0n) is 8.65. The Hall–Kier alpha value is -2.10. The van der Waals surface area contributed by atoms with Crippen LogP contribution in [0.15, 0.2) is 42.7 Å². The Morgan fingerprint density at radius 3 is 2.62 bits per heavy atom. The van der Waals surface area contributed by atoms with Crippen molar-refractivity contribution in [2.45, 2.75) is 6.54 Å². The van der Waals surface area contributed by atoms with Gasteiger partial charge < -0.3 is 11.1 Å². The fourth-order valence-corrected chi connectivity index (χ4v) is 1.37. The predicted molar refractivity (Wildman–Crippen MR) is 62.4 cm³/mol. The van der Waals surface area contributed by atoms with Gasteiger partial charge >= 0.3 is 0 Å². The molecule has 0 fully saturated rings. The second-order valence-electron chi connectivity index (χ2n) is 3.45. The SMILES string of the molecule is Nc1ccc(NCc2ccncc2)c(F)c1. The van der Waals surface area contributed by atoms with Crippen molar-refractivity contribution in [1.29, 1.82) is 0 Å². The average molecular weight is 217 g/mol. The van der Waals surface area contributed by atoms with Gasteiger partial charge in [0.05, 0.1) is 5.69 Å². The molecule has 1 aromatic carbocycles. The highest BCUT2D eigenvalue weighted by atomic mass is 19.1. The highest BCUT2D eigenvalue weighted by Crippen LogP contribution is 2.17. The van der Waals surface area contributed by atoms with Crippen LogP contribution in [0.3, 0.4) is 0 Å². The molecule has 0 saturated carbocycles. The van der Waals surface area contributed by atoms with Crippen LogP contribution in [0.5, 0.6) is 0 Å². The maximum Gasteiger partial charge on any atom is 0.148 e. The molecule has 0 aliphatic rings. The number of nitrogen functional groups attached to an aromatic ring is 1. The van der Waals surface area contributed by atoms with Crippen LogP contribution in [-0.4, -0.2) is 4.98 Å². The van der Waals surface area contributed by atoms with E-state index in [1.54, 1.807) is 24.5 Å². The van der Waals surface area contributed by atoms with Crippen molar-refractivity contribution in [2.75, 3.05) is 11.1 Å². The lowest BCUT2D eigenvalue weighted by Gasteiger charge is -2.07. The first-order valence-electron chi connectivity index (χ1n) is 4.93. The van der Waals surface area contributed by atoms with Crippen LogP contribution in [0.2, 0.25) is 0 Å². The number of nitrogens with two attached hydrogens (primary N) is 1. The topological polar surface area (TPSA) is 50.9 Å². The van der Waals surface area contributed by atoms with Gasteiger partial charge in [0, 0.05) is 24.6 Å². The minimum atomic E-state index is -0.339. The second-order valence-corrected chi connectivity index (χ2v) is 3.45. The number of anilines is 2. The molecule has 2 aromatic rings. The smallest absolute Gasteiger partial charge is 0.148 e. The van der Waals surface area contributed by atoms with Crippen LogP contribution in [-0.2, 0) is 6.54 Å². The highest BCUT2D eigenvalue weighted by Gasteiger charge is 2.01. The zero-order valence-corrected chi connectivity index (χ0v) is 8.65. The highest BCUT2D eigenvalue weighted by molar-refractivity contribution is 5.52. The molecule has 82 valence electrons. The largest absolute Gasteiger partial charge is 0.399 e. The number of aromatic nitrogens is 1. The van der Waals surface area contributed by atoms with Crippen molar-refractivity contribution in [2.24, 2.45) is 0 Å². The van der Waals surface area contributed by atoms with Gasteiger partial charge in [-0.05, 0) is 35.9 Å². The lowest BCUT2D eigenvalue weighted by molar-refractivity contribution is 0.631. The lowest BCUT2D eigenvalue weighted by Crippen LogP contribution is -2.01. The molecule has 0 aliphatic carbocycles. The van der Waals surface area contributed by atoms with Crippen molar-refractivity contribution < 1.29 is 4.39 Å². The standard InChI is InChI=1S/C12H12FN3/c13-11-7-10(14)1-2-12(11)16-8-9-3-5-15-6-4-9/h1-7,16H,8,14H2. The fraction of sp³-hybridized carbons (Fsp3) is 0.0833. The van der Waals surface area contributed by atoms with Gasteiger partial charge in [0.1, 0.15) is 5.82 Å². The van der Waals surface area contributed by atoms with E-state index in [-0.39, 0.29) is 5.82 Å². The Balaban J connectivity index is 2.05. The molecule has 0 aliphatic heterocycles. The summed E-state index contributed by atoms with van der Waals surface area (Å²) in [5.74, 6) is -0.339. The first-order valence-corrected chi connectivity index (χ1v) is 4.93. The Morgan fingerprint density at radius 1 is 1.19 bits per heavy atom. The molecule has 0 atom stereocenters. The molecule has 0 bridgehead atoms. The van der Waals surface area contributed by atoms with E-state index in [0.717, 1.165) is 5.56 Å². The van der Waals surface area contributed by atoms with Gasteiger partial charge in [-0.25, -0.2) is 4.39 Å². The molecular weight excluding hydrogens is 205 g/mol. The molecule has 4 heteroatoms. The molecule has 0 amide bonds. The summed E-state index contributed by atoms with van der Waals surface area (Å²) in [7, 11) is 0. The number of hydrogen-bond donors (Lipinski definition) is 2. The van der Waals surface area contributed by atoms with Crippen molar-refractivity contribution in [3.8, 4) is 0 Å². The molecule has 16 heavy (non-hydrogen) atoms. The van der Waals surface area contributed by atoms with Gasteiger partial charge in [0.15, 0.2) is 0 Å². The van der Waals surface area contributed by atoms with Crippen LogP contribution < -0.4 is 11.1 Å². The summed E-state index contributed by atoms with van der Waals surface area (Å²) in [6.07, 6.45) is 3.41. The summed E-state index contributed by atoms with van der Waals surface area (Å²) < 4.78 is 13.4. The van der Waals surface area contributed by atoms with Gasteiger partial charge in [-0.15, -0.1) is 0 Å². The number of nitrogens with one attached hydrogen (secondary N) is 1. The van der Waals surface area contributed by atoms with Crippen LogP contribution in [0.25, 0.3) is 0 Å². The number of benzene rings is 1. The van der Waals surface area contributed by atoms with E-state index in [2.05, 4.69) is 10.3 Å². The first-order chi connectivity index (χ1) is 7.75. The van der Waals surface area contributed by atoms with Crippen LogP contribution in [0, 0.1) is 5.82 Å². The van der Waals surface area contributed by atoms with Crippen LogP contribution in [0.1, 0.15) is 5.56 Å². The Bertz CT molecular complexity index is 471. The third-order valence-electron chi connectivity index (χ3n) is 2.23. The third kappa shape index (κ3) is 2.48. The molecule has 3 N–H and O–H groups in total. The van der Waals surface area contributed by atoms with E-state index in [1.165, 1.54) is 6.07 Å². The Morgan fingerprint density at radius 2 is 1.94 bits per heavy atom. The summed E-state index contributed by atoms with van der Waals surface area (Å²) in [4.78, 5) is 3.91. The van der Waals surface area contributed by atoms with Crippen molar-refractivity contribution >= 4 is 11.4 Å². The van der Waals surface area contributed by atoms with E-state index >= 15 is 0 Å². The van der Waals surface area contributed by atoms with E-state index in [4.69, 9.17) is 5.73 Å².